The average molecular weight is 404 g/mol. The molecule has 0 spiro atoms. The molecule has 4 fully saturated rings. The number of amides is 1. The molecule has 4 bridgehead atoms. The van der Waals surface area contributed by atoms with E-state index in [1.54, 1.807) is 11.3 Å². The summed E-state index contributed by atoms with van der Waals surface area (Å²) in [7, 11) is 0. The highest BCUT2D eigenvalue weighted by Crippen LogP contribution is 2.61. The van der Waals surface area contributed by atoms with E-state index < -0.39 is 5.97 Å². The van der Waals surface area contributed by atoms with Gasteiger partial charge in [-0.1, -0.05) is 0 Å². The van der Waals surface area contributed by atoms with Crippen LogP contribution in [0.15, 0.2) is 6.07 Å². The zero-order valence-electron chi connectivity index (χ0n) is 16.7. The van der Waals surface area contributed by atoms with Crippen molar-refractivity contribution in [1.82, 2.24) is 5.32 Å². The fourth-order valence-electron chi connectivity index (χ4n) is 6.26. The molecule has 0 unspecified atom stereocenters. The van der Waals surface area contributed by atoms with Gasteiger partial charge in [-0.3, -0.25) is 14.4 Å². The van der Waals surface area contributed by atoms with Gasteiger partial charge in [-0.15, -0.1) is 11.3 Å². The minimum atomic E-state index is -0.559. The fraction of sp³-hybridized carbons (Fsp3) is 0.682. The van der Waals surface area contributed by atoms with Gasteiger partial charge in [-0.05, 0) is 81.6 Å². The second kappa shape index (κ2) is 7.62. The van der Waals surface area contributed by atoms with Gasteiger partial charge in [0.1, 0.15) is 6.54 Å². The van der Waals surface area contributed by atoms with Gasteiger partial charge >= 0.3 is 5.97 Å². The van der Waals surface area contributed by atoms with Crippen LogP contribution in [0.25, 0.3) is 0 Å². The lowest BCUT2D eigenvalue weighted by atomic mass is 9.49. The Balaban J connectivity index is 1.21. The number of hydrogen-bond donors (Lipinski definition) is 1. The van der Waals surface area contributed by atoms with E-state index in [0.29, 0.717) is 12.0 Å². The highest BCUT2D eigenvalue weighted by molar-refractivity contribution is 7.12. The molecule has 0 saturated heterocycles. The average Bonchev–Trinajstić information content (AvgIpc) is 2.94. The molecule has 5 nitrogen and oxygen atoms in total. The molecule has 1 aromatic rings. The Hall–Kier alpha value is -1.69. The van der Waals surface area contributed by atoms with Crippen LogP contribution in [-0.4, -0.2) is 30.8 Å². The lowest BCUT2D eigenvalue weighted by molar-refractivity contribution is -0.143. The molecule has 1 N–H and O–H groups in total. The van der Waals surface area contributed by atoms with E-state index >= 15 is 0 Å². The minimum Gasteiger partial charge on any atom is -0.456 e. The predicted molar refractivity (Wildman–Crippen MR) is 107 cm³/mol. The van der Waals surface area contributed by atoms with Crippen LogP contribution >= 0.6 is 11.3 Å². The Morgan fingerprint density at radius 1 is 1.11 bits per heavy atom. The number of thiophene rings is 1. The summed E-state index contributed by atoms with van der Waals surface area (Å²) in [4.78, 5) is 38.6. The zero-order valence-corrected chi connectivity index (χ0v) is 17.5. The van der Waals surface area contributed by atoms with E-state index in [4.69, 9.17) is 4.74 Å². The Morgan fingerprint density at radius 2 is 1.71 bits per heavy atom. The topological polar surface area (TPSA) is 72.5 Å². The van der Waals surface area contributed by atoms with Crippen LogP contribution < -0.4 is 5.32 Å². The summed E-state index contributed by atoms with van der Waals surface area (Å²) in [6.45, 7) is 3.39. The number of nitrogens with one attached hydrogen (secondary N) is 1. The van der Waals surface area contributed by atoms with Crippen LogP contribution in [0.2, 0.25) is 0 Å². The van der Waals surface area contributed by atoms with Gasteiger partial charge in [-0.25, -0.2) is 0 Å². The van der Waals surface area contributed by atoms with Crippen molar-refractivity contribution in [3.63, 3.8) is 0 Å². The summed E-state index contributed by atoms with van der Waals surface area (Å²) in [5.41, 5.74) is 0.772. The molecule has 6 heteroatoms. The van der Waals surface area contributed by atoms with Crippen LogP contribution in [0.1, 0.15) is 65.1 Å². The molecule has 0 aliphatic heterocycles. The Bertz CT molecular complexity index is 761. The number of ketones is 1. The minimum absolute atomic E-state index is 0.0606. The number of carbonyl (C=O) groups is 3. The molecular weight excluding hydrogens is 374 g/mol. The van der Waals surface area contributed by atoms with Crippen molar-refractivity contribution in [1.29, 1.82) is 0 Å². The van der Waals surface area contributed by atoms with Crippen molar-refractivity contribution in [2.24, 2.45) is 23.2 Å². The van der Waals surface area contributed by atoms with Gasteiger partial charge in [-0.2, -0.15) is 0 Å². The normalized spacial score (nSPS) is 30.3. The van der Waals surface area contributed by atoms with Gasteiger partial charge in [0.15, 0.2) is 6.61 Å². The number of aryl methyl sites for hydroxylation is 2. The lowest BCUT2D eigenvalue weighted by Crippen LogP contribution is -2.48. The van der Waals surface area contributed by atoms with Crippen LogP contribution in [0, 0.1) is 37.0 Å². The van der Waals surface area contributed by atoms with Crippen LogP contribution in [0.4, 0.5) is 0 Å². The van der Waals surface area contributed by atoms with E-state index in [2.05, 4.69) is 5.32 Å². The first kappa shape index (κ1) is 19.6. The zero-order chi connectivity index (χ0) is 19.9. The molecule has 0 atom stereocenters. The summed E-state index contributed by atoms with van der Waals surface area (Å²) in [5.74, 6) is 1.60. The Morgan fingerprint density at radius 3 is 2.25 bits per heavy atom. The highest BCUT2D eigenvalue weighted by Gasteiger charge is 2.51. The Labute approximate surface area is 170 Å². The molecule has 4 saturated carbocycles. The number of hydrogen-bond acceptors (Lipinski definition) is 5. The van der Waals surface area contributed by atoms with Crippen LogP contribution in [0.3, 0.4) is 0 Å². The van der Waals surface area contributed by atoms with Crippen molar-refractivity contribution in [3.05, 3.63) is 21.4 Å². The first-order chi connectivity index (χ1) is 13.3. The SMILES string of the molecule is Cc1cc(C(=O)COC(=O)CNC(=O)CC23CC4CC(CC(C4)C2)C3)c(C)s1. The molecule has 4 aliphatic rings. The maximum atomic E-state index is 12.5. The summed E-state index contributed by atoms with van der Waals surface area (Å²) in [6.07, 6.45) is 8.09. The van der Waals surface area contributed by atoms with Crippen molar-refractivity contribution < 1.29 is 19.1 Å². The first-order valence-electron chi connectivity index (χ1n) is 10.3. The van der Waals surface area contributed by atoms with E-state index in [0.717, 1.165) is 27.5 Å². The van der Waals surface area contributed by atoms with Crippen molar-refractivity contribution in [2.45, 2.75) is 58.8 Å². The largest absolute Gasteiger partial charge is 0.456 e. The van der Waals surface area contributed by atoms with Gasteiger partial charge in [0.2, 0.25) is 11.7 Å². The molecule has 0 radical (unpaired) electrons. The third kappa shape index (κ3) is 4.17. The van der Waals surface area contributed by atoms with Gasteiger partial charge in [0.25, 0.3) is 0 Å². The molecule has 152 valence electrons. The van der Waals surface area contributed by atoms with E-state index in [1.165, 1.54) is 38.5 Å². The van der Waals surface area contributed by atoms with Gasteiger partial charge in [0.05, 0.1) is 0 Å². The van der Waals surface area contributed by atoms with Crippen LogP contribution in [0.5, 0.6) is 0 Å². The van der Waals surface area contributed by atoms with Gasteiger partial charge in [0, 0.05) is 21.7 Å². The van der Waals surface area contributed by atoms with Crippen molar-refractivity contribution in [3.8, 4) is 0 Å². The maximum absolute atomic E-state index is 12.5. The van der Waals surface area contributed by atoms with Crippen molar-refractivity contribution in [2.75, 3.05) is 13.2 Å². The number of esters is 1. The summed E-state index contributed by atoms with van der Waals surface area (Å²) in [5, 5.41) is 2.71. The fourth-order valence-corrected chi connectivity index (χ4v) is 7.21. The molecule has 5 rings (SSSR count). The monoisotopic (exact) mass is 403 g/mol. The summed E-state index contributed by atoms with van der Waals surface area (Å²) < 4.78 is 5.07. The quantitative estimate of drug-likeness (QED) is 0.555. The molecule has 1 aromatic heterocycles. The van der Waals surface area contributed by atoms with Crippen molar-refractivity contribution >= 4 is 29.0 Å². The lowest BCUT2D eigenvalue weighted by Gasteiger charge is -2.56. The second-order valence-electron chi connectivity index (χ2n) is 9.28. The maximum Gasteiger partial charge on any atom is 0.325 e. The second-order valence-corrected chi connectivity index (χ2v) is 10.7. The predicted octanol–water partition coefficient (Wildman–Crippen LogP) is 3.81. The number of Topliss-reactive ketones (excluding diaryl/α,β-unsaturated/α-hetero) is 1. The third-order valence-electron chi connectivity index (χ3n) is 6.84. The van der Waals surface area contributed by atoms with E-state index in [9.17, 15) is 14.4 Å². The van der Waals surface area contributed by atoms with E-state index in [-0.39, 0.29) is 30.3 Å². The van der Waals surface area contributed by atoms with Gasteiger partial charge < -0.3 is 10.1 Å². The molecule has 0 aromatic carbocycles. The Kier molecular flexibility index (Phi) is 5.34. The molecule has 28 heavy (non-hydrogen) atoms. The molecule has 1 amide bonds. The third-order valence-corrected chi connectivity index (χ3v) is 7.80. The summed E-state index contributed by atoms with van der Waals surface area (Å²) in [6, 6.07) is 1.82. The number of ether oxygens (including phenoxy) is 1. The van der Waals surface area contributed by atoms with Crippen LogP contribution in [-0.2, 0) is 14.3 Å². The molecular formula is C22H29NO4S. The summed E-state index contributed by atoms with van der Waals surface area (Å²) >= 11 is 1.55. The highest BCUT2D eigenvalue weighted by atomic mass is 32.1. The number of carbonyl (C=O) groups excluding carboxylic acids is 3. The smallest absolute Gasteiger partial charge is 0.325 e. The number of rotatable bonds is 7. The van der Waals surface area contributed by atoms with E-state index in [1.807, 2.05) is 19.9 Å². The standard InChI is InChI=1S/C22H29NO4S/c1-13-3-18(14(2)28-13)19(24)12-27-21(26)11-23-20(25)10-22-7-15-4-16(8-22)6-17(5-15)9-22/h3,15-17H,4-12H2,1-2H3,(H,23,25). The molecule has 4 aliphatic carbocycles. The first-order valence-corrected chi connectivity index (χ1v) is 11.2. The molecule has 1 heterocycles.